The van der Waals surface area contributed by atoms with E-state index in [0.717, 1.165) is 57.6 Å². The summed E-state index contributed by atoms with van der Waals surface area (Å²) in [6.07, 6.45) is 6.20. The van der Waals surface area contributed by atoms with Crippen LogP contribution >= 0.6 is 0 Å². The Balaban J connectivity index is 1.16. The topological polar surface area (TPSA) is 71.2 Å². The first-order chi connectivity index (χ1) is 15.3. The molecule has 1 spiro atoms. The normalized spacial score (nSPS) is 24.1. The van der Waals surface area contributed by atoms with Gasteiger partial charge in [0.2, 0.25) is 0 Å². The number of anilines is 1. The Morgan fingerprint density at radius 3 is 2.75 bits per heavy atom. The van der Waals surface area contributed by atoms with Crippen LogP contribution < -0.4 is 9.64 Å². The van der Waals surface area contributed by atoms with Gasteiger partial charge in [0, 0.05) is 11.6 Å². The lowest BCUT2D eigenvalue weighted by atomic mass is 9.86. The molecule has 174 valence electrons. The molecule has 1 N–H and O–H groups in total. The van der Waals surface area contributed by atoms with Crippen molar-refractivity contribution in [2.75, 3.05) is 44.3 Å². The van der Waals surface area contributed by atoms with Gasteiger partial charge in [-0.1, -0.05) is 0 Å². The van der Waals surface area contributed by atoms with Crippen LogP contribution in [0, 0.1) is 5.82 Å². The Bertz CT molecular complexity index is 916. The number of benzene rings is 1. The molecule has 5 rings (SSSR count). The summed E-state index contributed by atoms with van der Waals surface area (Å²) in [6, 6.07) is 5.79. The third-order valence-electron chi connectivity index (χ3n) is 6.88. The Morgan fingerprint density at radius 1 is 1.28 bits per heavy atom. The van der Waals surface area contributed by atoms with Gasteiger partial charge in [-0.15, -0.1) is 0 Å². The summed E-state index contributed by atoms with van der Waals surface area (Å²) in [5.74, 6) is 0.681. The van der Waals surface area contributed by atoms with Crippen LogP contribution in [0.15, 0.2) is 35.1 Å². The van der Waals surface area contributed by atoms with Crippen LogP contribution in [-0.2, 0) is 4.74 Å². The smallest absolute Gasteiger partial charge is 0.297 e. The van der Waals surface area contributed by atoms with Crippen molar-refractivity contribution in [2.24, 2.45) is 0 Å². The van der Waals surface area contributed by atoms with Gasteiger partial charge in [0.15, 0.2) is 0 Å². The van der Waals surface area contributed by atoms with Crippen molar-refractivity contribution < 1.29 is 23.4 Å². The van der Waals surface area contributed by atoms with E-state index >= 15 is 0 Å². The molecule has 2 aromatic rings. The van der Waals surface area contributed by atoms with Crippen molar-refractivity contribution in [1.82, 2.24) is 9.88 Å². The lowest BCUT2D eigenvalue weighted by molar-refractivity contribution is -0.0215. The summed E-state index contributed by atoms with van der Waals surface area (Å²) in [7, 11) is 0. The number of halogens is 1. The van der Waals surface area contributed by atoms with Crippen LogP contribution in [-0.4, -0.2) is 71.6 Å². The van der Waals surface area contributed by atoms with Gasteiger partial charge in [-0.2, -0.15) is 0 Å². The van der Waals surface area contributed by atoms with Gasteiger partial charge in [0.25, 0.3) is 6.01 Å². The fourth-order valence-electron chi connectivity index (χ4n) is 5.23. The molecule has 0 aliphatic carbocycles. The average Bonchev–Trinajstić information content (AvgIpc) is 3.41. The molecule has 32 heavy (non-hydrogen) atoms. The van der Waals surface area contributed by atoms with Crippen molar-refractivity contribution in [1.29, 1.82) is 0 Å². The van der Waals surface area contributed by atoms with Gasteiger partial charge in [-0.25, -0.2) is 9.37 Å². The lowest BCUT2D eigenvalue weighted by Crippen LogP contribution is -2.62. The summed E-state index contributed by atoms with van der Waals surface area (Å²) in [5.41, 5.74) is -0.109. The highest BCUT2D eigenvalue weighted by Crippen LogP contribution is 2.41. The zero-order valence-electron chi connectivity index (χ0n) is 18.8. The molecule has 1 atom stereocenters. The van der Waals surface area contributed by atoms with E-state index in [2.05, 4.69) is 14.8 Å². The Labute approximate surface area is 188 Å². The van der Waals surface area contributed by atoms with Crippen molar-refractivity contribution in [3.05, 3.63) is 42.0 Å². The van der Waals surface area contributed by atoms with Gasteiger partial charge >= 0.3 is 0 Å². The van der Waals surface area contributed by atoms with Crippen molar-refractivity contribution in [2.45, 2.75) is 56.3 Å². The maximum Gasteiger partial charge on any atom is 0.297 e. The minimum atomic E-state index is -0.933. The number of hydrogen-bond donors (Lipinski definition) is 1. The first-order valence-corrected chi connectivity index (χ1v) is 11.5. The average molecular weight is 446 g/mol. The summed E-state index contributed by atoms with van der Waals surface area (Å²) < 4.78 is 31.5. The maximum atomic E-state index is 14.0. The lowest BCUT2D eigenvalue weighted by Gasteiger charge is -2.46. The number of hydrogen-bond acceptors (Lipinski definition) is 7. The zero-order valence-corrected chi connectivity index (χ0v) is 18.8. The molecule has 3 aliphatic heterocycles. The van der Waals surface area contributed by atoms with Crippen LogP contribution in [0.2, 0.25) is 0 Å². The van der Waals surface area contributed by atoms with Gasteiger partial charge in [0.05, 0.1) is 31.5 Å². The fourth-order valence-corrected chi connectivity index (χ4v) is 5.23. The van der Waals surface area contributed by atoms with Crippen LogP contribution in [0.25, 0.3) is 0 Å². The third kappa shape index (κ3) is 4.49. The molecule has 0 amide bonds. The van der Waals surface area contributed by atoms with Crippen LogP contribution in [0.3, 0.4) is 0 Å². The predicted octanol–water partition coefficient (Wildman–Crippen LogP) is 3.19. The molecule has 1 aromatic heterocycles. The summed E-state index contributed by atoms with van der Waals surface area (Å²) >= 11 is 0. The minimum Gasteiger partial charge on any atom is -0.490 e. The molecule has 1 unspecified atom stereocenters. The number of piperidine rings is 1. The van der Waals surface area contributed by atoms with Crippen molar-refractivity contribution in [3.8, 4) is 5.75 Å². The van der Waals surface area contributed by atoms with Crippen LogP contribution in [0.4, 0.5) is 10.4 Å². The Morgan fingerprint density at radius 2 is 2.06 bits per heavy atom. The van der Waals surface area contributed by atoms with Gasteiger partial charge in [-0.05, 0) is 70.3 Å². The fraction of sp³-hybridized carbons (Fsp3) is 0.625. The Kier molecular flexibility index (Phi) is 5.63. The molecule has 1 aromatic carbocycles. The second-order valence-electron chi connectivity index (χ2n) is 10.1. The predicted molar refractivity (Wildman–Crippen MR) is 118 cm³/mol. The standard InChI is InChI=1S/C24H32FN3O4/c1-23(2,29)16-31-21-4-3-18(25)11-20(21)17-5-8-27(9-6-17)19-12-24(32-13-19)14-28(15-24)22-26-7-10-30-22/h3-4,7,10-11,17,19,29H,5-6,8-9,12-16H2,1-2H3. The number of ether oxygens (including phenoxy) is 2. The van der Waals surface area contributed by atoms with Crippen LogP contribution in [0.1, 0.15) is 44.6 Å². The Hall–Kier alpha value is -2.16. The SMILES string of the molecule is CC(C)(O)COc1ccc(F)cc1C1CCN(C2COC3(C2)CN(c2ncco2)C3)CC1. The molecule has 0 bridgehead atoms. The molecular formula is C24H32FN3O4. The van der Waals surface area contributed by atoms with E-state index in [0.29, 0.717) is 17.8 Å². The van der Waals surface area contributed by atoms with E-state index in [9.17, 15) is 9.50 Å². The summed E-state index contributed by atoms with van der Waals surface area (Å²) in [5, 5.41) is 10.00. The van der Waals surface area contributed by atoms with Crippen molar-refractivity contribution in [3.63, 3.8) is 0 Å². The first kappa shape index (κ1) is 21.7. The molecule has 3 aliphatic rings. The summed E-state index contributed by atoms with van der Waals surface area (Å²) in [4.78, 5) is 8.86. The quantitative estimate of drug-likeness (QED) is 0.732. The van der Waals surface area contributed by atoms with Crippen molar-refractivity contribution >= 4 is 6.01 Å². The molecule has 8 heteroatoms. The maximum absolute atomic E-state index is 14.0. The minimum absolute atomic E-state index is 0.0867. The number of rotatable bonds is 6. The highest BCUT2D eigenvalue weighted by Gasteiger charge is 2.52. The monoisotopic (exact) mass is 445 g/mol. The number of aromatic nitrogens is 1. The van der Waals surface area contributed by atoms with Gasteiger partial charge in [-0.3, -0.25) is 4.90 Å². The zero-order chi connectivity index (χ0) is 22.3. The van der Waals surface area contributed by atoms with E-state index < -0.39 is 5.60 Å². The van der Waals surface area contributed by atoms with E-state index in [1.165, 1.54) is 6.07 Å². The first-order valence-electron chi connectivity index (χ1n) is 11.5. The second kappa shape index (κ2) is 8.32. The molecule has 7 nitrogen and oxygen atoms in total. The molecular weight excluding hydrogens is 413 g/mol. The molecule has 0 radical (unpaired) electrons. The highest BCUT2D eigenvalue weighted by molar-refractivity contribution is 5.38. The molecule has 4 heterocycles. The van der Waals surface area contributed by atoms with E-state index in [4.69, 9.17) is 13.9 Å². The summed E-state index contributed by atoms with van der Waals surface area (Å²) in [6.45, 7) is 7.91. The molecule has 3 saturated heterocycles. The molecule has 0 saturated carbocycles. The number of nitrogens with zero attached hydrogens (tertiary/aromatic N) is 3. The third-order valence-corrected chi connectivity index (χ3v) is 6.88. The number of oxazole rings is 1. The second-order valence-corrected chi connectivity index (χ2v) is 10.1. The number of aliphatic hydroxyl groups is 1. The van der Waals surface area contributed by atoms with E-state index in [1.54, 1.807) is 38.4 Å². The van der Waals surface area contributed by atoms with Gasteiger partial charge < -0.3 is 23.9 Å². The van der Waals surface area contributed by atoms with Crippen LogP contribution in [0.5, 0.6) is 5.75 Å². The highest BCUT2D eigenvalue weighted by atomic mass is 19.1. The van der Waals surface area contributed by atoms with Gasteiger partial charge in [0.1, 0.15) is 30.0 Å². The molecule has 3 fully saturated rings. The van der Waals surface area contributed by atoms with E-state index in [1.807, 2.05) is 0 Å². The largest absolute Gasteiger partial charge is 0.490 e. The van der Waals surface area contributed by atoms with E-state index in [-0.39, 0.29) is 23.9 Å². The number of likely N-dealkylation sites (tertiary alicyclic amines) is 1.